The van der Waals surface area contributed by atoms with E-state index < -0.39 is 0 Å². The molecule has 0 aromatic carbocycles. The summed E-state index contributed by atoms with van der Waals surface area (Å²) >= 11 is 0. The Morgan fingerprint density at radius 2 is 2.18 bits per heavy atom. The van der Waals surface area contributed by atoms with Crippen molar-refractivity contribution in [1.29, 1.82) is 0 Å². The Labute approximate surface area is 63.9 Å². The van der Waals surface area contributed by atoms with Gasteiger partial charge in [-0.3, -0.25) is 0 Å². The Morgan fingerprint density at radius 1 is 1.36 bits per heavy atom. The highest BCUT2D eigenvalue weighted by Gasteiger charge is 1.98. The second kappa shape index (κ2) is 2.02. The molecular weight excluding hydrogens is 140 g/mol. The Balaban J connectivity index is 2.82. The molecular formula is C7H8N4. The van der Waals surface area contributed by atoms with E-state index in [-0.39, 0.29) is 0 Å². The highest BCUT2D eigenvalue weighted by atomic mass is 15.4. The Morgan fingerprint density at radius 3 is 3.00 bits per heavy atom. The molecule has 0 atom stereocenters. The van der Waals surface area contributed by atoms with E-state index in [1.54, 1.807) is 6.20 Å². The first-order valence-electron chi connectivity index (χ1n) is 3.42. The van der Waals surface area contributed by atoms with Crippen LogP contribution in [0.1, 0.15) is 11.4 Å². The zero-order valence-corrected chi connectivity index (χ0v) is 6.44. The molecule has 2 heterocycles. The third kappa shape index (κ3) is 0.960. The molecule has 0 saturated carbocycles. The van der Waals surface area contributed by atoms with Gasteiger partial charge in [-0.1, -0.05) is 0 Å². The molecule has 0 amide bonds. The standard InChI is InChI=1S/C7H8N4/c1-5-3-7-9-6(2)10-11(7)8-4-5/h3-4H,1-2H3. The quantitative estimate of drug-likeness (QED) is 0.553. The fraction of sp³-hybridized carbons (Fsp3) is 0.286. The van der Waals surface area contributed by atoms with Crippen molar-refractivity contribution in [2.45, 2.75) is 13.8 Å². The van der Waals surface area contributed by atoms with Crippen LogP contribution in [-0.2, 0) is 0 Å². The van der Waals surface area contributed by atoms with Gasteiger partial charge < -0.3 is 0 Å². The molecule has 0 N–H and O–H groups in total. The van der Waals surface area contributed by atoms with E-state index in [9.17, 15) is 0 Å². The first-order chi connectivity index (χ1) is 5.25. The van der Waals surface area contributed by atoms with Crippen LogP contribution in [0, 0.1) is 13.8 Å². The van der Waals surface area contributed by atoms with Crippen LogP contribution < -0.4 is 0 Å². The molecule has 2 rings (SSSR count). The van der Waals surface area contributed by atoms with Gasteiger partial charge in [-0.05, 0) is 25.5 Å². The van der Waals surface area contributed by atoms with Crippen molar-refractivity contribution in [3.8, 4) is 0 Å². The lowest BCUT2D eigenvalue weighted by Gasteiger charge is -1.89. The Bertz CT molecular complexity index is 390. The van der Waals surface area contributed by atoms with E-state index in [0.29, 0.717) is 0 Å². The highest BCUT2D eigenvalue weighted by molar-refractivity contribution is 5.37. The maximum Gasteiger partial charge on any atom is 0.176 e. The fourth-order valence-electron chi connectivity index (χ4n) is 0.983. The number of rotatable bonds is 0. The van der Waals surface area contributed by atoms with E-state index in [4.69, 9.17) is 0 Å². The van der Waals surface area contributed by atoms with E-state index >= 15 is 0 Å². The molecule has 0 spiro atoms. The third-order valence-electron chi connectivity index (χ3n) is 1.45. The van der Waals surface area contributed by atoms with Crippen molar-refractivity contribution in [2.24, 2.45) is 0 Å². The second-order valence-electron chi connectivity index (χ2n) is 2.54. The predicted molar refractivity (Wildman–Crippen MR) is 40.3 cm³/mol. The minimum absolute atomic E-state index is 0.753. The Kier molecular flexibility index (Phi) is 1.15. The van der Waals surface area contributed by atoms with Crippen molar-refractivity contribution in [1.82, 2.24) is 19.8 Å². The molecule has 0 aliphatic heterocycles. The first kappa shape index (κ1) is 6.27. The van der Waals surface area contributed by atoms with Crippen LogP contribution in [-0.4, -0.2) is 19.8 Å². The average molecular weight is 148 g/mol. The summed E-state index contributed by atoms with van der Waals surface area (Å²) in [6.45, 7) is 3.83. The average Bonchev–Trinajstić information content (AvgIpc) is 2.27. The molecule has 4 heteroatoms. The summed E-state index contributed by atoms with van der Waals surface area (Å²) in [5.41, 5.74) is 1.91. The first-order valence-corrected chi connectivity index (χ1v) is 3.42. The second-order valence-corrected chi connectivity index (χ2v) is 2.54. The van der Waals surface area contributed by atoms with Crippen LogP contribution >= 0.6 is 0 Å². The summed E-state index contributed by atoms with van der Waals surface area (Å²) in [4.78, 5) is 4.16. The topological polar surface area (TPSA) is 43.1 Å². The summed E-state index contributed by atoms with van der Waals surface area (Å²) in [6, 6.07) is 1.95. The number of fused-ring (bicyclic) bond motifs is 1. The van der Waals surface area contributed by atoms with Gasteiger partial charge in [-0.15, -0.1) is 9.73 Å². The lowest BCUT2D eigenvalue weighted by atomic mass is 10.3. The number of hydrogen-bond acceptors (Lipinski definition) is 3. The summed E-state index contributed by atoms with van der Waals surface area (Å²) < 4.78 is 1.53. The maximum absolute atomic E-state index is 4.16. The van der Waals surface area contributed by atoms with Crippen molar-refractivity contribution < 1.29 is 0 Å². The molecule has 0 unspecified atom stereocenters. The zero-order chi connectivity index (χ0) is 7.84. The fourth-order valence-corrected chi connectivity index (χ4v) is 0.983. The summed E-state index contributed by atoms with van der Waals surface area (Å²) in [6.07, 6.45) is 1.76. The van der Waals surface area contributed by atoms with Crippen LogP contribution in [0.4, 0.5) is 0 Å². The van der Waals surface area contributed by atoms with E-state index in [1.807, 2.05) is 19.9 Å². The smallest absolute Gasteiger partial charge is 0.176 e. The molecule has 0 bridgehead atoms. The molecule has 0 fully saturated rings. The van der Waals surface area contributed by atoms with Crippen molar-refractivity contribution in [2.75, 3.05) is 0 Å². The zero-order valence-electron chi connectivity index (χ0n) is 6.44. The summed E-state index contributed by atoms with van der Waals surface area (Å²) in [5, 5.41) is 8.09. The molecule has 4 nitrogen and oxygen atoms in total. The minimum atomic E-state index is 0.753. The van der Waals surface area contributed by atoms with Crippen LogP contribution in [0.3, 0.4) is 0 Å². The monoisotopic (exact) mass is 148 g/mol. The number of nitrogens with zero attached hydrogens (tertiary/aromatic N) is 4. The van der Waals surface area contributed by atoms with E-state index in [0.717, 1.165) is 17.0 Å². The van der Waals surface area contributed by atoms with Crippen LogP contribution in [0.5, 0.6) is 0 Å². The number of aromatic nitrogens is 4. The molecule has 2 aromatic rings. The van der Waals surface area contributed by atoms with Crippen LogP contribution in [0.15, 0.2) is 12.3 Å². The van der Waals surface area contributed by atoms with Gasteiger partial charge in [-0.25, -0.2) is 4.98 Å². The van der Waals surface area contributed by atoms with E-state index in [1.165, 1.54) is 4.63 Å². The molecule has 56 valence electrons. The minimum Gasteiger partial charge on any atom is -0.210 e. The molecule has 0 aliphatic rings. The summed E-state index contributed by atoms with van der Waals surface area (Å²) in [5.74, 6) is 0.753. The van der Waals surface area contributed by atoms with Crippen LogP contribution in [0.25, 0.3) is 5.65 Å². The molecule has 0 aliphatic carbocycles. The van der Waals surface area contributed by atoms with Crippen molar-refractivity contribution >= 4 is 5.65 Å². The number of aryl methyl sites for hydroxylation is 2. The highest BCUT2D eigenvalue weighted by Crippen LogP contribution is 2.00. The van der Waals surface area contributed by atoms with Gasteiger partial charge in [0.1, 0.15) is 5.82 Å². The predicted octanol–water partition coefficient (Wildman–Crippen LogP) is 0.741. The molecule has 2 aromatic heterocycles. The normalized spacial score (nSPS) is 10.7. The van der Waals surface area contributed by atoms with Crippen molar-refractivity contribution in [3.05, 3.63) is 23.7 Å². The van der Waals surface area contributed by atoms with Gasteiger partial charge in [0.2, 0.25) is 0 Å². The molecule has 0 radical (unpaired) electrons. The third-order valence-corrected chi connectivity index (χ3v) is 1.45. The SMILES string of the molecule is Cc1cnn2nc(C)nc2c1. The lowest BCUT2D eigenvalue weighted by Crippen LogP contribution is -1.93. The van der Waals surface area contributed by atoms with Gasteiger partial charge in [0, 0.05) is 0 Å². The Hall–Kier alpha value is -1.45. The van der Waals surface area contributed by atoms with Gasteiger partial charge >= 0.3 is 0 Å². The van der Waals surface area contributed by atoms with Gasteiger partial charge in [0.25, 0.3) is 0 Å². The molecule has 11 heavy (non-hydrogen) atoms. The largest absolute Gasteiger partial charge is 0.210 e. The van der Waals surface area contributed by atoms with E-state index in [2.05, 4.69) is 15.2 Å². The maximum atomic E-state index is 4.16. The van der Waals surface area contributed by atoms with Gasteiger partial charge in [0.15, 0.2) is 5.65 Å². The van der Waals surface area contributed by atoms with Gasteiger partial charge in [0.05, 0.1) is 6.20 Å². The van der Waals surface area contributed by atoms with Crippen molar-refractivity contribution in [3.63, 3.8) is 0 Å². The lowest BCUT2D eigenvalue weighted by molar-refractivity contribution is 0.784. The van der Waals surface area contributed by atoms with Gasteiger partial charge in [-0.2, -0.15) is 5.10 Å². The van der Waals surface area contributed by atoms with Crippen LogP contribution in [0.2, 0.25) is 0 Å². The molecule has 0 saturated heterocycles. The number of hydrogen-bond donors (Lipinski definition) is 0. The summed E-state index contributed by atoms with van der Waals surface area (Å²) in [7, 11) is 0.